The fourth-order valence-corrected chi connectivity index (χ4v) is 3.07. The van der Waals surface area contributed by atoms with Crippen molar-refractivity contribution < 1.29 is 4.74 Å². The van der Waals surface area contributed by atoms with Crippen molar-refractivity contribution in [3.63, 3.8) is 0 Å². The molecule has 1 heterocycles. The molecule has 1 aliphatic carbocycles. The molecule has 5 heteroatoms. The second-order valence-electron chi connectivity index (χ2n) is 5.31. The monoisotopic (exact) mass is 291 g/mol. The number of methoxy groups -OCH3 is 1. The number of thioether (sulfide) groups is 1. The van der Waals surface area contributed by atoms with Gasteiger partial charge < -0.3 is 15.0 Å². The molecule has 1 saturated carbocycles. The van der Waals surface area contributed by atoms with Crippen molar-refractivity contribution in [3.8, 4) is 5.75 Å². The lowest BCUT2D eigenvalue weighted by Gasteiger charge is -2.13. The fraction of sp³-hybridized carbons (Fsp3) is 0.533. The van der Waals surface area contributed by atoms with Gasteiger partial charge in [-0.2, -0.15) is 11.8 Å². The van der Waals surface area contributed by atoms with Gasteiger partial charge in [-0.15, -0.1) is 0 Å². The summed E-state index contributed by atoms with van der Waals surface area (Å²) in [5.41, 5.74) is 8.53. The molecule has 0 spiro atoms. The van der Waals surface area contributed by atoms with Crippen LogP contribution in [0.25, 0.3) is 11.0 Å². The van der Waals surface area contributed by atoms with E-state index in [1.54, 1.807) is 7.11 Å². The summed E-state index contributed by atoms with van der Waals surface area (Å²) in [6.07, 6.45) is 5.55. The van der Waals surface area contributed by atoms with Gasteiger partial charge in [-0.3, -0.25) is 0 Å². The Balaban J connectivity index is 2.03. The lowest BCUT2D eigenvalue weighted by molar-refractivity contribution is 0.415. The van der Waals surface area contributed by atoms with Crippen molar-refractivity contribution in [1.82, 2.24) is 9.55 Å². The summed E-state index contributed by atoms with van der Waals surface area (Å²) >= 11 is 1.83. The molecule has 108 valence electrons. The lowest BCUT2D eigenvalue weighted by Crippen LogP contribution is -2.17. The molecule has 0 bridgehead atoms. The highest BCUT2D eigenvalue weighted by molar-refractivity contribution is 7.98. The van der Waals surface area contributed by atoms with Gasteiger partial charge in [0, 0.05) is 12.1 Å². The number of rotatable bonds is 6. The lowest BCUT2D eigenvalue weighted by atomic mass is 10.2. The molecule has 2 N–H and O–H groups in total. The van der Waals surface area contributed by atoms with Crippen LogP contribution in [-0.2, 0) is 0 Å². The molecule has 3 rings (SSSR count). The minimum atomic E-state index is 0.0152. The minimum Gasteiger partial charge on any atom is -0.497 e. The Bertz CT molecular complexity index is 606. The molecule has 0 saturated heterocycles. The Morgan fingerprint density at radius 3 is 2.95 bits per heavy atom. The van der Waals surface area contributed by atoms with E-state index in [4.69, 9.17) is 15.5 Å². The summed E-state index contributed by atoms with van der Waals surface area (Å²) in [4.78, 5) is 4.78. The second kappa shape index (κ2) is 5.66. The van der Waals surface area contributed by atoms with E-state index in [1.807, 2.05) is 23.9 Å². The van der Waals surface area contributed by atoms with Crippen molar-refractivity contribution in [3.05, 3.63) is 24.0 Å². The molecular formula is C15H21N3OS. The molecule has 1 aliphatic rings. The number of benzene rings is 1. The third-order valence-electron chi connectivity index (χ3n) is 3.80. The van der Waals surface area contributed by atoms with Gasteiger partial charge in [0.15, 0.2) is 0 Å². The predicted molar refractivity (Wildman–Crippen MR) is 84.5 cm³/mol. The fourth-order valence-electron chi connectivity index (χ4n) is 2.58. The normalized spacial score (nSPS) is 16.6. The van der Waals surface area contributed by atoms with Crippen molar-refractivity contribution >= 4 is 22.8 Å². The third kappa shape index (κ3) is 2.52. The number of aromatic nitrogens is 2. The van der Waals surface area contributed by atoms with Crippen molar-refractivity contribution in [2.75, 3.05) is 19.1 Å². The molecule has 4 nitrogen and oxygen atoms in total. The first-order valence-corrected chi connectivity index (χ1v) is 8.44. The molecule has 1 atom stereocenters. The smallest absolute Gasteiger partial charge is 0.127 e. The van der Waals surface area contributed by atoms with Crippen molar-refractivity contribution in [1.29, 1.82) is 0 Å². The molecule has 0 aliphatic heterocycles. The van der Waals surface area contributed by atoms with Gasteiger partial charge in [0.1, 0.15) is 11.6 Å². The van der Waals surface area contributed by atoms with Crippen LogP contribution in [0.4, 0.5) is 0 Å². The SMILES string of the molecule is COc1ccc2c(c1)nc(C(N)CCSC)n2C1CC1. The number of imidazole rings is 1. The predicted octanol–water partition coefficient (Wildman–Crippen LogP) is 3.13. The van der Waals surface area contributed by atoms with E-state index in [0.717, 1.165) is 29.3 Å². The second-order valence-corrected chi connectivity index (χ2v) is 6.30. The zero-order valence-electron chi connectivity index (χ0n) is 12.0. The minimum absolute atomic E-state index is 0.0152. The summed E-state index contributed by atoms with van der Waals surface area (Å²) in [6.45, 7) is 0. The summed E-state index contributed by atoms with van der Waals surface area (Å²) in [5.74, 6) is 2.95. The van der Waals surface area contributed by atoms with Gasteiger partial charge in [-0.25, -0.2) is 4.98 Å². The number of hydrogen-bond donors (Lipinski definition) is 1. The molecule has 20 heavy (non-hydrogen) atoms. The average molecular weight is 291 g/mol. The molecule has 0 radical (unpaired) electrons. The van der Waals surface area contributed by atoms with Gasteiger partial charge in [0.05, 0.1) is 24.2 Å². The van der Waals surface area contributed by atoms with Crippen molar-refractivity contribution in [2.24, 2.45) is 5.73 Å². The molecule has 0 amide bonds. The highest BCUT2D eigenvalue weighted by Gasteiger charge is 2.30. The van der Waals surface area contributed by atoms with E-state index in [1.165, 1.54) is 18.4 Å². The molecule has 1 fully saturated rings. The Morgan fingerprint density at radius 2 is 2.30 bits per heavy atom. The summed E-state index contributed by atoms with van der Waals surface area (Å²) in [5, 5.41) is 0. The van der Waals surface area contributed by atoms with Gasteiger partial charge in [-0.1, -0.05) is 0 Å². The molecule has 1 unspecified atom stereocenters. The number of fused-ring (bicyclic) bond motifs is 1. The van der Waals surface area contributed by atoms with Gasteiger partial charge in [0.25, 0.3) is 0 Å². The third-order valence-corrected chi connectivity index (χ3v) is 4.44. The van der Waals surface area contributed by atoms with E-state index in [0.29, 0.717) is 6.04 Å². The van der Waals surface area contributed by atoms with E-state index >= 15 is 0 Å². The first-order valence-electron chi connectivity index (χ1n) is 7.05. The maximum atomic E-state index is 6.35. The highest BCUT2D eigenvalue weighted by Crippen LogP contribution is 2.40. The summed E-state index contributed by atoms with van der Waals surface area (Å²) < 4.78 is 7.64. The first kappa shape index (κ1) is 13.8. The standard InChI is InChI=1S/C15H21N3OS/c1-19-11-5-6-14-13(9-11)17-15(12(16)7-8-20-2)18(14)10-3-4-10/h5-6,9-10,12H,3-4,7-8,16H2,1-2H3. The topological polar surface area (TPSA) is 53.1 Å². The van der Waals surface area contributed by atoms with Crippen LogP contribution in [0.2, 0.25) is 0 Å². The van der Waals surface area contributed by atoms with E-state index in [-0.39, 0.29) is 6.04 Å². The average Bonchev–Trinajstić information content (AvgIpc) is 3.24. The molecule has 1 aromatic carbocycles. The number of nitrogens with two attached hydrogens (primary N) is 1. The van der Waals surface area contributed by atoms with E-state index < -0.39 is 0 Å². The van der Waals surface area contributed by atoms with Gasteiger partial charge in [0.2, 0.25) is 0 Å². The van der Waals surface area contributed by atoms with Crippen LogP contribution in [0.5, 0.6) is 5.75 Å². The Kier molecular flexibility index (Phi) is 3.89. The number of nitrogens with zero attached hydrogens (tertiary/aromatic N) is 2. The van der Waals surface area contributed by atoms with Gasteiger partial charge in [-0.05, 0) is 43.4 Å². The highest BCUT2D eigenvalue weighted by atomic mass is 32.2. The zero-order valence-corrected chi connectivity index (χ0v) is 12.8. The summed E-state index contributed by atoms with van der Waals surface area (Å²) in [6, 6.07) is 6.70. The van der Waals surface area contributed by atoms with Crippen LogP contribution in [0, 0.1) is 0 Å². The van der Waals surface area contributed by atoms with E-state index in [2.05, 4.69) is 16.9 Å². The molecular weight excluding hydrogens is 270 g/mol. The van der Waals surface area contributed by atoms with Crippen LogP contribution in [0.1, 0.15) is 37.2 Å². The largest absolute Gasteiger partial charge is 0.497 e. The van der Waals surface area contributed by atoms with Crippen LogP contribution in [-0.4, -0.2) is 28.7 Å². The Morgan fingerprint density at radius 1 is 1.50 bits per heavy atom. The van der Waals surface area contributed by atoms with Crippen LogP contribution >= 0.6 is 11.8 Å². The van der Waals surface area contributed by atoms with Crippen LogP contribution in [0.3, 0.4) is 0 Å². The van der Waals surface area contributed by atoms with E-state index in [9.17, 15) is 0 Å². The van der Waals surface area contributed by atoms with Crippen LogP contribution < -0.4 is 10.5 Å². The Labute approximate surface area is 123 Å². The zero-order chi connectivity index (χ0) is 14.1. The summed E-state index contributed by atoms with van der Waals surface area (Å²) in [7, 11) is 1.68. The maximum Gasteiger partial charge on any atom is 0.127 e. The number of ether oxygens (including phenoxy) is 1. The van der Waals surface area contributed by atoms with Crippen LogP contribution in [0.15, 0.2) is 18.2 Å². The quantitative estimate of drug-likeness (QED) is 0.888. The first-order chi connectivity index (χ1) is 9.74. The van der Waals surface area contributed by atoms with Gasteiger partial charge >= 0.3 is 0 Å². The maximum absolute atomic E-state index is 6.35. The van der Waals surface area contributed by atoms with Crippen molar-refractivity contribution in [2.45, 2.75) is 31.3 Å². The Hall–Kier alpha value is -1.20. The number of hydrogen-bond acceptors (Lipinski definition) is 4. The molecule has 1 aromatic heterocycles. The molecule has 2 aromatic rings.